The first-order valence-corrected chi connectivity index (χ1v) is 16.3. The fourth-order valence-electron chi connectivity index (χ4n) is 6.88. The van der Waals surface area contributed by atoms with Crippen LogP contribution in [0.2, 0.25) is 0 Å². The van der Waals surface area contributed by atoms with Gasteiger partial charge in [0.05, 0.1) is 5.69 Å². The Hall–Kier alpha value is -6.38. The highest BCUT2D eigenvalue weighted by Crippen LogP contribution is 2.50. The lowest BCUT2D eigenvalue weighted by molar-refractivity contribution is 0.487. The minimum absolute atomic E-state index is 0.864. The average Bonchev–Trinajstić information content (AvgIpc) is 3.16. The zero-order valence-electron chi connectivity index (χ0n) is 26.3. The molecule has 1 aliphatic heterocycles. The molecule has 0 unspecified atom stereocenters. The summed E-state index contributed by atoms with van der Waals surface area (Å²) in [5.41, 5.74) is 12.6. The van der Waals surface area contributed by atoms with E-state index in [2.05, 4.69) is 187 Å². The van der Waals surface area contributed by atoms with Crippen LogP contribution in [-0.4, -0.2) is 0 Å². The molecule has 0 amide bonds. The average molecular weight is 614 g/mol. The summed E-state index contributed by atoms with van der Waals surface area (Å²) in [6.07, 6.45) is 0. The fourth-order valence-corrected chi connectivity index (χ4v) is 6.88. The van der Waals surface area contributed by atoms with Gasteiger partial charge in [-0.2, -0.15) is 0 Å². The number of ether oxygens (including phenoxy) is 1. The molecule has 1 heterocycles. The van der Waals surface area contributed by atoms with Gasteiger partial charge in [0.15, 0.2) is 0 Å². The molecule has 0 N–H and O–H groups in total. The van der Waals surface area contributed by atoms with Crippen LogP contribution in [0.3, 0.4) is 0 Å². The molecule has 8 aromatic rings. The number of rotatable bonds is 6. The van der Waals surface area contributed by atoms with E-state index >= 15 is 0 Å². The Morgan fingerprint density at radius 2 is 0.812 bits per heavy atom. The molecule has 0 atom stereocenters. The fraction of sp³-hybridized carbons (Fsp3) is 0. The Morgan fingerprint density at radius 3 is 1.38 bits per heavy atom. The van der Waals surface area contributed by atoms with E-state index in [1.165, 1.54) is 33.4 Å². The lowest BCUT2D eigenvalue weighted by atomic mass is 9.92. The van der Waals surface area contributed by atoms with Crippen LogP contribution in [0.15, 0.2) is 188 Å². The first-order chi connectivity index (χ1) is 23.8. The van der Waals surface area contributed by atoms with E-state index in [0.717, 1.165) is 50.5 Å². The number of hydrogen-bond donors (Lipinski definition) is 0. The van der Waals surface area contributed by atoms with E-state index in [4.69, 9.17) is 4.74 Å². The molecule has 48 heavy (non-hydrogen) atoms. The summed E-state index contributed by atoms with van der Waals surface area (Å²) in [5.74, 6) is 1.74. The second kappa shape index (κ2) is 11.8. The Labute approximate surface area is 280 Å². The Bertz CT molecular complexity index is 2300. The van der Waals surface area contributed by atoms with Crippen molar-refractivity contribution in [3.63, 3.8) is 0 Å². The summed E-state index contributed by atoms with van der Waals surface area (Å²) < 4.78 is 6.80. The lowest BCUT2D eigenvalue weighted by Crippen LogP contribution is -2.10. The highest BCUT2D eigenvalue weighted by atomic mass is 16.5. The van der Waals surface area contributed by atoms with Gasteiger partial charge in [0.1, 0.15) is 11.5 Å². The van der Waals surface area contributed by atoms with E-state index < -0.39 is 0 Å². The Balaban J connectivity index is 1.18. The number of nitrogens with zero attached hydrogens (tertiary/aromatic N) is 1. The predicted octanol–water partition coefficient (Wildman–Crippen LogP) is 13.1. The largest absolute Gasteiger partial charge is 0.456 e. The Kier molecular flexibility index (Phi) is 6.84. The molecule has 0 aromatic heterocycles. The second-order valence-electron chi connectivity index (χ2n) is 12.2. The van der Waals surface area contributed by atoms with Gasteiger partial charge in [-0.05, 0) is 86.8 Å². The first kappa shape index (κ1) is 27.9. The molecule has 9 rings (SSSR count). The summed E-state index contributed by atoms with van der Waals surface area (Å²) in [5, 5.41) is 2.28. The normalized spacial score (nSPS) is 11.5. The molecule has 0 bridgehead atoms. The smallest absolute Gasteiger partial charge is 0.138 e. The van der Waals surface area contributed by atoms with Crippen molar-refractivity contribution in [1.29, 1.82) is 0 Å². The molecule has 0 saturated heterocycles. The summed E-state index contributed by atoms with van der Waals surface area (Å²) in [7, 11) is 0. The SMILES string of the molecule is c1ccc(-c2ccc(N(c3ccc(-c4ccccc4)cc3)c3cc4c5c(cccc5c3)-c3ccc(-c5ccccc5)cc3O4)cc2)cc1. The van der Waals surface area contributed by atoms with E-state index in [1.807, 2.05) is 6.07 Å². The molecule has 0 spiro atoms. The topological polar surface area (TPSA) is 12.5 Å². The van der Waals surface area contributed by atoms with Crippen molar-refractivity contribution in [1.82, 2.24) is 0 Å². The standard InChI is InChI=1S/C46H31NO/c1-4-11-32(12-5-1)35-19-24-39(25-20-35)47(40-26-21-36(22-27-40)33-13-6-2-7-14-33)41-29-38-17-10-18-43-42-28-23-37(34-15-8-3-9-16-34)30-44(42)48-45(31-41)46(38)43/h1-31H. The van der Waals surface area contributed by atoms with Gasteiger partial charge in [-0.3, -0.25) is 0 Å². The van der Waals surface area contributed by atoms with Crippen molar-refractivity contribution in [2.75, 3.05) is 4.90 Å². The van der Waals surface area contributed by atoms with Crippen LogP contribution in [-0.2, 0) is 0 Å². The third-order valence-corrected chi connectivity index (χ3v) is 9.25. The third kappa shape index (κ3) is 5.01. The van der Waals surface area contributed by atoms with Crippen molar-refractivity contribution in [2.24, 2.45) is 0 Å². The minimum atomic E-state index is 0.864. The third-order valence-electron chi connectivity index (χ3n) is 9.25. The van der Waals surface area contributed by atoms with Crippen molar-refractivity contribution in [2.45, 2.75) is 0 Å². The van der Waals surface area contributed by atoms with Crippen LogP contribution in [0.1, 0.15) is 0 Å². The molecule has 0 saturated carbocycles. The quantitative estimate of drug-likeness (QED) is 0.185. The molecule has 226 valence electrons. The second-order valence-corrected chi connectivity index (χ2v) is 12.2. The van der Waals surface area contributed by atoms with Crippen LogP contribution >= 0.6 is 0 Å². The first-order valence-electron chi connectivity index (χ1n) is 16.3. The molecular formula is C46H31NO. The molecule has 1 aliphatic rings. The summed E-state index contributed by atoms with van der Waals surface area (Å²) in [4.78, 5) is 2.32. The summed E-state index contributed by atoms with van der Waals surface area (Å²) in [6.45, 7) is 0. The zero-order valence-corrected chi connectivity index (χ0v) is 26.3. The van der Waals surface area contributed by atoms with Gasteiger partial charge in [-0.1, -0.05) is 140 Å². The van der Waals surface area contributed by atoms with E-state index in [1.54, 1.807) is 0 Å². The van der Waals surface area contributed by atoms with Crippen molar-refractivity contribution in [3.8, 4) is 56.0 Å². The maximum absolute atomic E-state index is 6.80. The minimum Gasteiger partial charge on any atom is -0.456 e. The van der Waals surface area contributed by atoms with Gasteiger partial charge < -0.3 is 9.64 Å². The molecule has 0 radical (unpaired) electrons. The molecule has 0 fully saturated rings. The van der Waals surface area contributed by atoms with Crippen LogP contribution in [0.25, 0.3) is 55.3 Å². The van der Waals surface area contributed by atoms with Crippen LogP contribution in [0.4, 0.5) is 17.1 Å². The number of anilines is 3. The lowest BCUT2D eigenvalue weighted by Gasteiger charge is -2.29. The number of benzene rings is 8. The van der Waals surface area contributed by atoms with Crippen LogP contribution in [0.5, 0.6) is 11.5 Å². The number of fused-ring (bicyclic) bond motifs is 2. The van der Waals surface area contributed by atoms with Gasteiger partial charge in [0, 0.05) is 28.4 Å². The van der Waals surface area contributed by atoms with Gasteiger partial charge in [0.2, 0.25) is 0 Å². The zero-order chi connectivity index (χ0) is 31.9. The molecule has 8 aromatic carbocycles. The van der Waals surface area contributed by atoms with Crippen molar-refractivity contribution < 1.29 is 4.74 Å². The monoisotopic (exact) mass is 613 g/mol. The molecule has 2 heteroatoms. The predicted molar refractivity (Wildman–Crippen MR) is 200 cm³/mol. The summed E-state index contributed by atoms with van der Waals surface area (Å²) in [6, 6.07) is 66.8. The van der Waals surface area contributed by atoms with Crippen LogP contribution in [0, 0.1) is 0 Å². The van der Waals surface area contributed by atoms with E-state index in [-0.39, 0.29) is 0 Å². The molecule has 2 nitrogen and oxygen atoms in total. The highest BCUT2D eigenvalue weighted by molar-refractivity contribution is 6.06. The van der Waals surface area contributed by atoms with Crippen LogP contribution < -0.4 is 9.64 Å². The summed E-state index contributed by atoms with van der Waals surface area (Å²) >= 11 is 0. The van der Waals surface area contributed by atoms with Crippen molar-refractivity contribution in [3.05, 3.63) is 188 Å². The molecular weight excluding hydrogens is 583 g/mol. The highest BCUT2D eigenvalue weighted by Gasteiger charge is 2.23. The Morgan fingerprint density at radius 1 is 0.312 bits per heavy atom. The van der Waals surface area contributed by atoms with E-state index in [0.29, 0.717) is 0 Å². The van der Waals surface area contributed by atoms with Gasteiger partial charge >= 0.3 is 0 Å². The van der Waals surface area contributed by atoms with E-state index in [9.17, 15) is 0 Å². The van der Waals surface area contributed by atoms with Gasteiger partial charge in [0.25, 0.3) is 0 Å². The molecule has 0 aliphatic carbocycles. The maximum Gasteiger partial charge on any atom is 0.138 e. The van der Waals surface area contributed by atoms with Gasteiger partial charge in [-0.15, -0.1) is 0 Å². The van der Waals surface area contributed by atoms with Gasteiger partial charge in [-0.25, -0.2) is 0 Å². The number of hydrogen-bond acceptors (Lipinski definition) is 2. The maximum atomic E-state index is 6.80. The van der Waals surface area contributed by atoms with Crippen molar-refractivity contribution >= 4 is 27.8 Å².